The lowest BCUT2D eigenvalue weighted by atomic mass is 10.3. The van der Waals surface area contributed by atoms with E-state index < -0.39 is 0 Å². The van der Waals surface area contributed by atoms with Crippen molar-refractivity contribution in [1.82, 2.24) is 25.2 Å². The molecule has 0 saturated heterocycles. The fourth-order valence-corrected chi connectivity index (χ4v) is 2.88. The Labute approximate surface area is 134 Å². The first kappa shape index (κ1) is 13.9. The van der Waals surface area contributed by atoms with Crippen molar-refractivity contribution >= 4 is 22.9 Å². The molecule has 0 spiro atoms. The maximum absolute atomic E-state index is 13.3. The van der Waals surface area contributed by atoms with Crippen LogP contribution in [0.4, 0.5) is 4.39 Å². The standard InChI is InChI=1S/C15H10FN5OS/c16-10-4-3-5-11(8-10)21-15(18-19-20-21)23-9-14-17-12-6-1-2-7-13(12)22-14/h1-8H,9H2. The Morgan fingerprint density at radius 2 is 2.04 bits per heavy atom. The van der Waals surface area contributed by atoms with E-state index in [1.165, 1.54) is 28.6 Å². The largest absolute Gasteiger partial charge is 0.440 e. The molecule has 23 heavy (non-hydrogen) atoms. The van der Waals surface area contributed by atoms with Crippen molar-refractivity contribution in [2.45, 2.75) is 10.9 Å². The molecular weight excluding hydrogens is 317 g/mol. The summed E-state index contributed by atoms with van der Waals surface area (Å²) >= 11 is 1.37. The second-order valence-corrected chi connectivity index (χ2v) is 5.66. The number of fused-ring (bicyclic) bond motifs is 1. The van der Waals surface area contributed by atoms with Crippen LogP contribution in [-0.4, -0.2) is 25.2 Å². The Hall–Kier alpha value is -2.74. The van der Waals surface area contributed by atoms with E-state index in [4.69, 9.17) is 4.42 Å². The molecule has 0 saturated carbocycles. The van der Waals surface area contributed by atoms with Crippen LogP contribution in [0.1, 0.15) is 5.89 Å². The topological polar surface area (TPSA) is 69.6 Å². The van der Waals surface area contributed by atoms with Crippen molar-refractivity contribution in [3.05, 3.63) is 60.2 Å². The van der Waals surface area contributed by atoms with Gasteiger partial charge in [0, 0.05) is 0 Å². The molecular formula is C15H10FN5OS. The van der Waals surface area contributed by atoms with Gasteiger partial charge in [-0.25, -0.2) is 9.37 Å². The smallest absolute Gasteiger partial charge is 0.214 e. The summed E-state index contributed by atoms with van der Waals surface area (Å²) in [5, 5.41) is 12.1. The lowest BCUT2D eigenvalue weighted by Gasteiger charge is -2.02. The number of rotatable bonds is 4. The Morgan fingerprint density at radius 3 is 2.91 bits per heavy atom. The summed E-state index contributed by atoms with van der Waals surface area (Å²) in [6.07, 6.45) is 0. The van der Waals surface area contributed by atoms with Crippen LogP contribution in [0, 0.1) is 5.82 Å². The molecule has 4 aromatic rings. The van der Waals surface area contributed by atoms with Gasteiger partial charge in [-0.05, 0) is 40.8 Å². The van der Waals surface area contributed by atoms with E-state index >= 15 is 0 Å². The highest BCUT2D eigenvalue weighted by Gasteiger charge is 2.12. The van der Waals surface area contributed by atoms with Crippen molar-refractivity contribution in [1.29, 1.82) is 0 Å². The van der Waals surface area contributed by atoms with Crippen LogP contribution >= 0.6 is 11.8 Å². The molecule has 0 radical (unpaired) electrons. The summed E-state index contributed by atoms with van der Waals surface area (Å²) < 4.78 is 20.5. The van der Waals surface area contributed by atoms with Crippen molar-refractivity contribution < 1.29 is 8.81 Å². The van der Waals surface area contributed by atoms with E-state index in [9.17, 15) is 4.39 Å². The van der Waals surface area contributed by atoms with Crippen LogP contribution < -0.4 is 0 Å². The monoisotopic (exact) mass is 327 g/mol. The van der Waals surface area contributed by atoms with Crippen molar-refractivity contribution in [2.75, 3.05) is 0 Å². The molecule has 0 N–H and O–H groups in total. The van der Waals surface area contributed by atoms with Crippen LogP contribution in [0.15, 0.2) is 58.1 Å². The van der Waals surface area contributed by atoms with Gasteiger partial charge in [0.1, 0.15) is 11.3 Å². The highest BCUT2D eigenvalue weighted by atomic mass is 32.2. The Bertz CT molecular complexity index is 934. The highest BCUT2D eigenvalue weighted by Crippen LogP contribution is 2.24. The molecule has 0 fully saturated rings. The SMILES string of the molecule is Fc1cccc(-n2nnnc2SCc2nc3ccccc3o2)c1. The van der Waals surface area contributed by atoms with Crippen LogP contribution in [0.3, 0.4) is 0 Å². The van der Waals surface area contributed by atoms with Crippen molar-refractivity contribution in [3.63, 3.8) is 0 Å². The van der Waals surface area contributed by atoms with Gasteiger partial charge in [0.2, 0.25) is 11.0 Å². The second kappa shape index (κ2) is 5.81. The summed E-state index contributed by atoms with van der Waals surface area (Å²) in [5.74, 6) is 0.725. The molecule has 4 rings (SSSR count). The van der Waals surface area contributed by atoms with E-state index in [1.54, 1.807) is 12.1 Å². The maximum atomic E-state index is 13.3. The Morgan fingerprint density at radius 1 is 1.13 bits per heavy atom. The van der Waals surface area contributed by atoms with Gasteiger partial charge in [0.25, 0.3) is 0 Å². The summed E-state index contributed by atoms with van der Waals surface area (Å²) in [5.41, 5.74) is 2.12. The number of halogens is 1. The lowest BCUT2D eigenvalue weighted by Crippen LogP contribution is -1.99. The zero-order valence-corrected chi connectivity index (χ0v) is 12.6. The van der Waals surface area contributed by atoms with Gasteiger partial charge in [-0.2, -0.15) is 4.68 Å². The summed E-state index contributed by atoms with van der Waals surface area (Å²) in [6.45, 7) is 0. The molecule has 6 nitrogen and oxygen atoms in total. The van der Waals surface area contributed by atoms with Crippen molar-refractivity contribution in [2.24, 2.45) is 0 Å². The van der Waals surface area contributed by atoms with Gasteiger partial charge in [-0.15, -0.1) is 5.10 Å². The van der Waals surface area contributed by atoms with Crippen LogP contribution in [-0.2, 0) is 5.75 Å². The number of hydrogen-bond donors (Lipinski definition) is 0. The second-order valence-electron chi connectivity index (χ2n) is 4.72. The van der Waals surface area contributed by atoms with Gasteiger partial charge >= 0.3 is 0 Å². The molecule has 0 bridgehead atoms. The average molecular weight is 327 g/mol. The third-order valence-electron chi connectivity index (χ3n) is 3.16. The van der Waals surface area contributed by atoms with E-state index in [0.29, 0.717) is 22.5 Å². The zero-order valence-electron chi connectivity index (χ0n) is 11.8. The fraction of sp³-hybridized carbons (Fsp3) is 0.0667. The number of para-hydroxylation sites is 2. The first-order valence-electron chi connectivity index (χ1n) is 6.81. The number of aromatic nitrogens is 5. The van der Waals surface area contributed by atoms with E-state index in [1.807, 2.05) is 24.3 Å². The molecule has 2 heterocycles. The predicted octanol–water partition coefficient (Wildman–Crippen LogP) is 3.23. The lowest BCUT2D eigenvalue weighted by molar-refractivity contribution is 0.555. The maximum Gasteiger partial charge on any atom is 0.214 e. The number of nitrogens with zero attached hydrogens (tertiary/aromatic N) is 5. The number of oxazole rings is 1. The van der Waals surface area contributed by atoms with Gasteiger partial charge in [-0.3, -0.25) is 0 Å². The minimum absolute atomic E-state index is 0.340. The molecule has 0 unspecified atom stereocenters. The molecule has 0 atom stereocenters. The number of hydrogen-bond acceptors (Lipinski definition) is 6. The Kier molecular flexibility index (Phi) is 3.51. The highest BCUT2D eigenvalue weighted by molar-refractivity contribution is 7.98. The average Bonchev–Trinajstić information content (AvgIpc) is 3.19. The Balaban J connectivity index is 1.57. The first-order valence-corrected chi connectivity index (χ1v) is 7.80. The zero-order chi connectivity index (χ0) is 15.6. The minimum atomic E-state index is -0.340. The summed E-state index contributed by atoms with van der Waals surface area (Å²) in [4.78, 5) is 4.40. The van der Waals surface area contributed by atoms with Gasteiger partial charge in [0.15, 0.2) is 5.58 Å². The molecule has 114 valence electrons. The molecule has 8 heteroatoms. The fourth-order valence-electron chi connectivity index (χ4n) is 2.15. The third kappa shape index (κ3) is 2.80. The van der Waals surface area contributed by atoms with E-state index in [2.05, 4.69) is 20.5 Å². The van der Waals surface area contributed by atoms with Crippen LogP contribution in [0.25, 0.3) is 16.8 Å². The van der Waals surface area contributed by atoms with E-state index in [0.717, 1.165) is 11.1 Å². The van der Waals surface area contributed by atoms with Crippen LogP contribution in [0.2, 0.25) is 0 Å². The van der Waals surface area contributed by atoms with Gasteiger partial charge in [0.05, 0.1) is 11.4 Å². The first-order chi connectivity index (χ1) is 11.3. The molecule has 0 aliphatic rings. The number of tetrazole rings is 1. The molecule has 2 aromatic carbocycles. The normalized spacial score (nSPS) is 11.2. The summed E-state index contributed by atoms with van der Waals surface area (Å²) in [7, 11) is 0. The molecule has 0 amide bonds. The van der Waals surface area contributed by atoms with E-state index in [-0.39, 0.29) is 5.82 Å². The molecule has 2 aromatic heterocycles. The quantitative estimate of drug-likeness (QED) is 0.536. The predicted molar refractivity (Wildman–Crippen MR) is 82.7 cm³/mol. The van der Waals surface area contributed by atoms with Crippen LogP contribution in [0.5, 0.6) is 0 Å². The molecule has 0 aliphatic heterocycles. The van der Waals surface area contributed by atoms with Crippen molar-refractivity contribution in [3.8, 4) is 5.69 Å². The summed E-state index contributed by atoms with van der Waals surface area (Å²) in [6, 6.07) is 13.7. The number of thioether (sulfide) groups is 1. The van der Waals surface area contributed by atoms with Gasteiger partial charge in [-0.1, -0.05) is 30.0 Å². The minimum Gasteiger partial charge on any atom is -0.440 e. The number of benzene rings is 2. The molecule has 0 aliphatic carbocycles. The van der Waals surface area contributed by atoms with Gasteiger partial charge < -0.3 is 4.42 Å². The third-order valence-corrected chi connectivity index (χ3v) is 4.06.